The first kappa shape index (κ1) is 8.98. The van der Waals surface area contributed by atoms with Gasteiger partial charge in [0, 0.05) is 11.8 Å². The lowest BCUT2D eigenvalue weighted by Gasteiger charge is -2.29. The second kappa shape index (κ2) is 2.70. The number of rotatable bonds is 1. The zero-order valence-electron chi connectivity index (χ0n) is 8.55. The fourth-order valence-electron chi connectivity index (χ4n) is 3.44. The first-order chi connectivity index (χ1) is 6.09. The number of allylic oxidation sites excluding steroid dienone is 1. The zero-order valence-corrected chi connectivity index (χ0v) is 8.55. The highest BCUT2D eigenvalue weighted by atomic mass is 16.1. The Morgan fingerprint density at radius 1 is 1.46 bits per heavy atom. The molecule has 0 aliphatic heterocycles. The van der Waals surface area contributed by atoms with Crippen LogP contribution in [0.2, 0.25) is 0 Å². The summed E-state index contributed by atoms with van der Waals surface area (Å²) in [5.41, 5.74) is 0.167. The molecule has 0 bridgehead atoms. The molecule has 0 saturated heterocycles. The second-order valence-electron chi connectivity index (χ2n) is 5.08. The smallest absolute Gasteiger partial charge is 0.143 e. The molecule has 13 heavy (non-hydrogen) atoms. The van der Waals surface area contributed by atoms with E-state index < -0.39 is 0 Å². The predicted octanol–water partition coefficient (Wildman–Crippen LogP) is 2.81. The van der Waals surface area contributed by atoms with Crippen LogP contribution < -0.4 is 0 Å². The molecule has 2 aliphatic rings. The summed E-state index contributed by atoms with van der Waals surface area (Å²) in [4.78, 5) is 12.0. The maximum atomic E-state index is 12.0. The van der Waals surface area contributed by atoms with Gasteiger partial charge < -0.3 is 0 Å². The minimum Gasteiger partial charge on any atom is -0.299 e. The van der Waals surface area contributed by atoms with Crippen LogP contribution in [-0.2, 0) is 4.79 Å². The van der Waals surface area contributed by atoms with Crippen molar-refractivity contribution in [3.63, 3.8) is 0 Å². The first-order valence-corrected chi connectivity index (χ1v) is 5.25. The molecular formula is C12H18O. The Hall–Kier alpha value is -0.590. The van der Waals surface area contributed by atoms with Gasteiger partial charge in [0.25, 0.3) is 0 Å². The van der Waals surface area contributed by atoms with Crippen molar-refractivity contribution in [2.75, 3.05) is 0 Å². The van der Waals surface area contributed by atoms with Crippen LogP contribution in [0.3, 0.4) is 0 Å². The molecule has 0 aromatic heterocycles. The molecule has 3 unspecified atom stereocenters. The van der Waals surface area contributed by atoms with E-state index in [2.05, 4.69) is 20.4 Å². The van der Waals surface area contributed by atoms with Gasteiger partial charge in [0.15, 0.2) is 0 Å². The minimum atomic E-state index is 0.114. The number of Topliss-reactive ketones (excluding diaryl/α,β-unsaturated/α-hetero) is 1. The molecule has 0 spiro atoms. The fourth-order valence-corrected chi connectivity index (χ4v) is 3.44. The summed E-state index contributed by atoms with van der Waals surface area (Å²) in [5.74, 6) is 1.56. The Morgan fingerprint density at radius 3 is 2.69 bits per heavy atom. The van der Waals surface area contributed by atoms with Gasteiger partial charge in [0.2, 0.25) is 0 Å². The molecule has 3 atom stereocenters. The summed E-state index contributed by atoms with van der Waals surface area (Å²) in [6.07, 6.45) is 5.47. The van der Waals surface area contributed by atoms with Gasteiger partial charge in [0.1, 0.15) is 5.78 Å². The van der Waals surface area contributed by atoms with Crippen molar-refractivity contribution < 1.29 is 4.79 Å². The van der Waals surface area contributed by atoms with Crippen LogP contribution in [0.15, 0.2) is 12.7 Å². The third kappa shape index (κ3) is 1.02. The standard InChI is InChI=1S/C12H18O/c1-4-9-11(13)8-6-5-7-10(8)12(9,2)3/h4,8-10H,1,5-7H2,2-3H3. The molecule has 1 nitrogen and oxygen atoms in total. The van der Waals surface area contributed by atoms with Crippen molar-refractivity contribution in [1.29, 1.82) is 0 Å². The van der Waals surface area contributed by atoms with Crippen molar-refractivity contribution >= 4 is 5.78 Å². The summed E-state index contributed by atoms with van der Waals surface area (Å²) < 4.78 is 0. The Kier molecular flexibility index (Phi) is 1.86. The van der Waals surface area contributed by atoms with E-state index >= 15 is 0 Å². The van der Waals surface area contributed by atoms with E-state index in [0.29, 0.717) is 17.6 Å². The Labute approximate surface area is 80.2 Å². The van der Waals surface area contributed by atoms with Crippen LogP contribution in [-0.4, -0.2) is 5.78 Å². The van der Waals surface area contributed by atoms with Crippen LogP contribution in [0.4, 0.5) is 0 Å². The highest BCUT2D eigenvalue weighted by Crippen LogP contribution is 2.55. The molecule has 0 heterocycles. The molecule has 2 aliphatic carbocycles. The summed E-state index contributed by atoms with van der Waals surface area (Å²) >= 11 is 0. The van der Waals surface area contributed by atoms with E-state index in [1.165, 1.54) is 12.8 Å². The molecule has 2 saturated carbocycles. The fraction of sp³-hybridized carbons (Fsp3) is 0.750. The molecular weight excluding hydrogens is 160 g/mol. The average molecular weight is 178 g/mol. The Balaban J connectivity index is 2.36. The SMILES string of the molecule is C=CC1C(=O)C2CCCC2C1(C)C. The quantitative estimate of drug-likeness (QED) is 0.564. The van der Waals surface area contributed by atoms with Crippen molar-refractivity contribution in [3.8, 4) is 0 Å². The van der Waals surface area contributed by atoms with Crippen LogP contribution in [0, 0.1) is 23.2 Å². The van der Waals surface area contributed by atoms with E-state index in [9.17, 15) is 4.79 Å². The first-order valence-electron chi connectivity index (χ1n) is 5.25. The minimum absolute atomic E-state index is 0.114. The molecule has 2 rings (SSSR count). The molecule has 2 fully saturated rings. The number of hydrogen-bond acceptors (Lipinski definition) is 1. The number of hydrogen-bond donors (Lipinski definition) is 0. The lowest BCUT2D eigenvalue weighted by atomic mass is 9.74. The lowest BCUT2D eigenvalue weighted by molar-refractivity contribution is -0.123. The van der Waals surface area contributed by atoms with Gasteiger partial charge in [-0.1, -0.05) is 26.3 Å². The van der Waals surface area contributed by atoms with Gasteiger partial charge in [-0.15, -0.1) is 6.58 Å². The van der Waals surface area contributed by atoms with Crippen molar-refractivity contribution in [3.05, 3.63) is 12.7 Å². The molecule has 0 radical (unpaired) electrons. The normalized spacial score (nSPS) is 42.0. The van der Waals surface area contributed by atoms with Crippen molar-refractivity contribution in [1.82, 2.24) is 0 Å². The monoisotopic (exact) mass is 178 g/mol. The molecule has 0 N–H and O–H groups in total. The molecule has 0 aromatic carbocycles. The third-order valence-electron chi connectivity index (χ3n) is 4.18. The average Bonchev–Trinajstić information content (AvgIpc) is 2.57. The summed E-state index contributed by atoms with van der Waals surface area (Å²) in [5, 5.41) is 0. The molecule has 72 valence electrons. The molecule has 0 aromatic rings. The van der Waals surface area contributed by atoms with E-state index in [4.69, 9.17) is 0 Å². The lowest BCUT2D eigenvalue weighted by Crippen LogP contribution is -2.25. The number of carbonyl (C=O) groups excluding carboxylic acids is 1. The molecule has 1 heteroatoms. The van der Waals surface area contributed by atoms with Gasteiger partial charge in [-0.3, -0.25) is 4.79 Å². The van der Waals surface area contributed by atoms with E-state index in [0.717, 1.165) is 6.42 Å². The van der Waals surface area contributed by atoms with Crippen LogP contribution in [0.1, 0.15) is 33.1 Å². The Bertz CT molecular complexity index is 252. The van der Waals surface area contributed by atoms with Gasteiger partial charge in [-0.2, -0.15) is 0 Å². The summed E-state index contributed by atoms with van der Waals surface area (Å²) in [7, 11) is 0. The summed E-state index contributed by atoms with van der Waals surface area (Å²) in [6.45, 7) is 8.25. The number of carbonyl (C=O) groups is 1. The van der Waals surface area contributed by atoms with Crippen LogP contribution in [0.5, 0.6) is 0 Å². The van der Waals surface area contributed by atoms with Crippen molar-refractivity contribution in [2.45, 2.75) is 33.1 Å². The predicted molar refractivity (Wildman–Crippen MR) is 53.3 cm³/mol. The number of ketones is 1. The van der Waals surface area contributed by atoms with E-state index in [1.807, 2.05) is 6.08 Å². The third-order valence-corrected chi connectivity index (χ3v) is 4.18. The number of fused-ring (bicyclic) bond motifs is 1. The molecule has 0 amide bonds. The van der Waals surface area contributed by atoms with Gasteiger partial charge >= 0.3 is 0 Å². The van der Waals surface area contributed by atoms with E-state index in [-0.39, 0.29) is 11.3 Å². The summed E-state index contributed by atoms with van der Waals surface area (Å²) in [6, 6.07) is 0. The van der Waals surface area contributed by atoms with Crippen molar-refractivity contribution in [2.24, 2.45) is 23.2 Å². The van der Waals surface area contributed by atoms with E-state index in [1.54, 1.807) is 0 Å². The maximum absolute atomic E-state index is 12.0. The zero-order chi connectivity index (χ0) is 9.64. The Morgan fingerprint density at radius 2 is 2.15 bits per heavy atom. The van der Waals surface area contributed by atoms with Crippen LogP contribution >= 0.6 is 0 Å². The van der Waals surface area contributed by atoms with Gasteiger partial charge in [-0.25, -0.2) is 0 Å². The highest BCUT2D eigenvalue weighted by molar-refractivity contribution is 5.88. The topological polar surface area (TPSA) is 17.1 Å². The van der Waals surface area contributed by atoms with Gasteiger partial charge in [-0.05, 0) is 24.2 Å². The maximum Gasteiger partial charge on any atom is 0.143 e. The highest BCUT2D eigenvalue weighted by Gasteiger charge is 2.54. The van der Waals surface area contributed by atoms with Gasteiger partial charge in [0.05, 0.1) is 0 Å². The van der Waals surface area contributed by atoms with Crippen LogP contribution in [0.25, 0.3) is 0 Å². The largest absolute Gasteiger partial charge is 0.299 e. The second-order valence-corrected chi connectivity index (χ2v) is 5.08.